The molecule has 0 atom stereocenters. The Hall–Kier alpha value is -4.67. The van der Waals surface area contributed by atoms with Crippen molar-refractivity contribution >= 4 is 34.4 Å². The van der Waals surface area contributed by atoms with Crippen LogP contribution in [0.5, 0.6) is 0 Å². The molecule has 0 unspecified atom stereocenters. The van der Waals surface area contributed by atoms with Crippen molar-refractivity contribution in [1.29, 1.82) is 0 Å². The van der Waals surface area contributed by atoms with Crippen LogP contribution in [0.3, 0.4) is 0 Å². The van der Waals surface area contributed by atoms with E-state index in [9.17, 15) is 19.2 Å². The van der Waals surface area contributed by atoms with Crippen LogP contribution in [0.25, 0.3) is 22.4 Å². The number of nitrogens with two attached hydrogens (primary N) is 1. The van der Waals surface area contributed by atoms with Gasteiger partial charge in [-0.2, -0.15) is 0 Å². The summed E-state index contributed by atoms with van der Waals surface area (Å²) in [5.41, 5.74) is 5.66. The fraction of sp³-hybridized carbons (Fsp3) is 0.174. The highest BCUT2D eigenvalue weighted by molar-refractivity contribution is 6.15. The largest absolute Gasteiger partial charge is 0.464 e. The van der Waals surface area contributed by atoms with E-state index in [-0.39, 0.29) is 40.3 Å². The van der Waals surface area contributed by atoms with E-state index in [0.717, 1.165) is 4.57 Å². The molecule has 0 saturated carbocycles. The lowest BCUT2D eigenvalue weighted by molar-refractivity contribution is 0.0526. The number of hydrogen-bond acceptors (Lipinski definition) is 8. The van der Waals surface area contributed by atoms with Crippen LogP contribution in [0.15, 0.2) is 56.7 Å². The predicted octanol–water partition coefficient (Wildman–Crippen LogP) is 1.90. The molecule has 0 aliphatic rings. The van der Waals surface area contributed by atoms with Gasteiger partial charge in [0.25, 0.3) is 11.5 Å². The van der Waals surface area contributed by atoms with Crippen LogP contribution in [0, 0.1) is 0 Å². The summed E-state index contributed by atoms with van der Waals surface area (Å²) in [6, 6.07) is 9.25. The average molecular weight is 463 g/mol. The highest BCUT2D eigenvalue weighted by Gasteiger charge is 2.27. The summed E-state index contributed by atoms with van der Waals surface area (Å²) in [6.45, 7) is 1.95. The number of nitrogens with zero attached hydrogens (tertiary/aromatic N) is 3. The first kappa shape index (κ1) is 22.5. The quantitative estimate of drug-likeness (QED) is 0.426. The summed E-state index contributed by atoms with van der Waals surface area (Å²) in [5.74, 6) is -1.12. The first-order chi connectivity index (χ1) is 16.2. The monoisotopic (exact) mass is 463 g/mol. The van der Waals surface area contributed by atoms with E-state index in [1.807, 2.05) is 0 Å². The lowest BCUT2D eigenvalue weighted by atomic mass is 10.0. The number of benzene rings is 1. The molecule has 3 heterocycles. The molecule has 0 saturated heterocycles. The molecule has 1 amide bonds. The molecule has 0 aliphatic carbocycles. The number of esters is 1. The van der Waals surface area contributed by atoms with E-state index in [4.69, 9.17) is 14.9 Å². The highest BCUT2D eigenvalue weighted by Crippen LogP contribution is 2.33. The van der Waals surface area contributed by atoms with Gasteiger partial charge >= 0.3 is 11.7 Å². The Labute approximate surface area is 192 Å². The normalized spacial score (nSPS) is 10.9. The van der Waals surface area contributed by atoms with E-state index in [2.05, 4.69) is 10.3 Å². The second-order valence-corrected chi connectivity index (χ2v) is 7.38. The lowest BCUT2D eigenvalue weighted by Crippen LogP contribution is -2.38. The number of furan rings is 1. The maximum Gasteiger partial charge on any atom is 0.338 e. The van der Waals surface area contributed by atoms with Crippen LogP contribution in [0.4, 0.5) is 11.5 Å². The number of anilines is 2. The number of aryl methyl sites for hydroxylation is 1. The van der Waals surface area contributed by atoms with Gasteiger partial charge in [-0.25, -0.2) is 14.6 Å². The molecule has 0 aliphatic heterocycles. The number of nitrogen functional groups attached to an aromatic ring is 1. The minimum absolute atomic E-state index is 0.0107. The molecule has 0 bridgehead atoms. The summed E-state index contributed by atoms with van der Waals surface area (Å²) in [5, 5.41) is 2.70. The van der Waals surface area contributed by atoms with Crippen molar-refractivity contribution in [3.8, 4) is 11.3 Å². The molecule has 11 nitrogen and oxygen atoms in total. The number of carbonyl (C=O) groups excluding carboxylic acids is 2. The first-order valence-corrected chi connectivity index (χ1v) is 10.3. The Morgan fingerprint density at radius 3 is 2.44 bits per heavy atom. The van der Waals surface area contributed by atoms with E-state index in [0.29, 0.717) is 11.3 Å². The molecule has 1 aromatic carbocycles. The zero-order chi connectivity index (χ0) is 24.6. The molecule has 34 heavy (non-hydrogen) atoms. The maximum atomic E-state index is 13.3. The van der Waals surface area contributed by atoms with Gasteiger partial charge in [0.05, 0.1) is 34.9 Å². The molecule has 4 aromatic rings. The van der Waals surface area contributed by atoms with Crippen molar-refractivity contribution in [2.24, 2.45) is 14.1 Å². The number of aromatic nitrogens is 3. The van der Waals surface area contributed by atoms with Crippen molar-refractivity contribution in [2.75, 3.05) is 17.7 Å². The number of pyridine rings is 1. The van der Waals surface area contributed by atoms with Crippen molar-refractivity contribution in [2.45, 2.75) is 6.92 Å². The average Bonchev–Trinajstić information content (AvgIpc) is 3.36. The summed E-state index contributed by atoms with van der Waals surface area (Å²) < 4.78 is 12.6. The van der Waals surface area contributed by atoms with Gasteiger partial charge in [-0.3, -0.25) is 18.7 Å². The number of rotatable bonds is 5. The van der Waals surface area contributed by atoms with Crippen LogP contribution in [-0.4, -0.2) is 32.6 Å². The predicted molar refractivity (Wildman–Crippen MR) is 125 cm³/mol. The Morgan fingerprint density at radius 1 is 1.12 bits per heavy atom. The first-order valence-electron chi connectivity index (χ1n) is 10.3. The summed E-state index contributed by atoms with van der Waals surface area (Å²) >= 11 is 0. The zero-order valence-electron chi connectivity index (χ0n) is 18.6. The van der Waals surface area contributed by atoms with Gasteiger partial charge in [0.1, 0.15) is 11.6 Å². The van der Waals surface area contributed by atoms with Crippen LogP contribution >= 0.6 is 0 Å². The SMILES string of the molecule is CCOC(=O)c1ccc(NC(=O)c2c(N)nc3c(c2-c2ccco2)c(=O)n(C)c(=O)n3C)cc1. The van der Waals surface area contributed by atoms with Gasteiger partial charge in [0, 0.05) is 19.8 Å². The molecule has 174 valence electrons. The van der Waals surface area contributed by atoms with E-state index in [1.165, 1.54) is 49.2 Å². The summed E-state index contributed by atoms with van der Waals surface area (Å²) in [6.07, 6.45) is 1.39. The van der Waals surface area contributed by atoms with Crippen LogP contribution in [0.1, 0.15) is 27.6 Å². The molecule has 3 N–H and O–H groups in total. The molecule has 11 heteroatoms. The smallest absolute Gasteiger partial charge is 0.338 e. The van der Waals surface area contributed by atoms with Crippen LogP contribution in [0.2, 0.25) is 0 Å². The fourth-order valence-corrected chi connectivity index (χ4v) is 3.60. The Kier molecular flexibility index (Phi) is 5.76. The molecule has 3 aromatic heterocycles. The third kappa shape index (κ3) is 3.72. The number of ether oxygens (including phenoxy) is 1. The number of amides is 1. The number of hydrogen-bond donors (Lipinski definition) is 2. The second-order valence-electron chi connectivity index (χ2n) is 7.38. The van der Waals surface area contributed by atoms with E-state index < -0.39 is 23.1 Å². The van der Waals surface area contributed by atoms with Gasteiger partial charge in [-0.15, -0.1) is 0 Å². The third-order valence-electron chi connectivity index (χ3n) is 5.26. The Bertz CT molecular complexity index is 1530. The molecule has 4 rings (SSSR count). The minimum atomic E-state index is -0.655. The zero-order valence-corrected chi connectivity index (χ0v) is 18.6. The van der Waals surface area contributed by atoms with Crippen molar-refractivity contribution < 1.29 is 18.7 Å². The van der Waals surface area contributed by atoms with Gasteiger partial charge in [0.15, 0.2) is 5.65 Å². The molecule has 0 spiro atoms. The van der Waals surface area contributed by atoms with Crippen LogP contribution < -0.4 is 22.3 Å². The van der Waals surface area contributed by atoms with Crippen LogP contribution in [-0.2, 0) is 18.8 Å². The third-order valence-corrected chi connectivity index (χ3v) is 5.26. The lowest BCUT2D eigenvalue weighted by Gasteiger charge is -2.15. The van der Waals surface area contributed by atoms with Crippen molar-refractivity contribution in [3.05, 3.63) is 74.6 Å². The van der Waals surface area contributed by atoms with Gasteiger partial charge < -0.3 is 20.2 Å². The fourth-order valence-electron chi connectivity index (χ4n) is 3.60. The van der Waals surface area contributed by atoms with E-state index >= 15 is 0 Å². The topological polar surface area (TPSA) is 151 Å². The number of nitrogens with one attached hydrogen (secondary N) is 1. The maximum absolute atomic E-state index is 13.3. The molecule has 0 fully saturated rings. The molecular weight excluding hydrogens is 442 g/mol. The molecule has 0 radical (unpaired) electrons. The standard InChI is InChI=1S/C23H21N5O6/c1-4-33-22(31)12-7-9-13(10-8-12)25-20(29)16-15(14-6-5-11-34-14)17-19(26-18(16)24)27(2)23(32)28(3)21(17)30/h5-11H,4H2,1-3H3,(H2,24,26)(H,25,29). The second kappa shape index (κ2) is 8.70. The Balaban J connectivity index is 1.87. The number of fused-ring (bicyclic) bond motifs is 1. The van der Waals surface area contributed by atoms with Crippen molar-refractivity contribution in [3.63, 3.8) is 0 Å². The minimum Gasteiger partial charge on any atom is -0.464 e. The van der Waals surface area contributed by atoms with Gasteiger partial charge in [-0.05, 0) is 43.3 Å². The number of carbonyl (C=O) groups is 2. The summed E-state index contributed by atoms with van der Waals surface area (Å²) in [7, 11) is 2.78. The molecular formula is C23H21N5O6. The van der Waals surface area contributed by atoms with Gasteiger partial charge in [0.2, 0.25) is 0 Å². The van der Waals surface area contributed by atoms with Gasteiger partial charge in [-0.1, -0.05) is 0 Å². The highest BCUT2D eigenvalue weighted by atomic mass is 16.5. The summed E-state index contributed by atoms with van der Waals surface area (Å²) in [4.78, 5) is 54.8. The Morgan fingerprint density at radius 2 is 1.82 bits per heavy atom. The van der Waals surface area contributed by atoms with Crippen molar-refractivity contribution in [1.82, 2.24) is 14.1 Å². The van der Waals surface area contributed by atoms with E-state index in [1.54, 1.807) is 19.1 Å².